The average molecular weight is 326 g/mol. The smallest absolute Gasteiger partial charge is 0.331 e. The lowest BCUT2D eigenvalue weighted by molar-refractivity contribution is -0.385. The van der Waals surface area contributed by atoms with Gasteiger partial charge in [0.25, 0.3) is 5.69 Å². The second kappa shape index (κ2) is 8.69. The molecule has 1 amide bonds. The van der Waals surface area contributed by atoms with Gasteiger partial charge in [0.05, 0.1) is 31.7 Å². The highest BCUT2D eigenvalue weighted by Crippen LogP contribution is 2.24. The molecule has 0 spiro atoms. The van der Waals surface area contributed by atoms with Crippen molar-refractivity contribution in [2.75, 3.05) is 20.3 Å². The molecule has 0 aliphatic rings. The second-order valence-electron chi connectivity index (χ2n) is 4.48. The molecule has 1 aromatic carbocycles. The zero-order valence-corrected chi connectivity index (χ0v) is 12.8. The number of hydrogen-bond acceptors (Lipinski definition) is 7. The number of aliphatic hydroxyl groups excluding tert-OH is 1. The van der Waals surface area contributed by atoms with Crippen molar-refractivity contribution in [2.24, 2.45) is 0 Å². The van der Waals surface area contributed by atoms with Crippen molar-refractivity contribution >= 4 is 17.6 Å². The van der Waals surface area contributed by atoms with E-state index in [1.165, 1.54) is 25.3 Å². The SMILES string of the molecule is CCOC(=O)[C@@H](CO)NC(=O)Cc1cc(OC)ccc1[N+](=O)[O-]. The largest absolute Gasteiger partial charge is 0.497 e. The molecule has 126 valence electrons. The van der Waals surface area contributed by atoms with Crippen LogP contribution < -0.4 is 10.1 Å². The van der Waals surface area contributed by atoms with Gasteiger partial charge in [-0.3, -0.25) is 14.9 Å². The third kappa shape index (κ3) is 5.22. The highest BCUT2D eigenvalue weighted by Gasteiger charge is 2.23. The summed E-state index contributed by atoms with van der Waals surface area (Å²) in [6.07, 6.45) is -0.344. The van der Waals surface area contributed by atoms with Gasteiger partial charge in [-0.25, -0.2) is 4.79 Å². The van der Waals surface area contributed by atoms with Crippen LogP contribution in [0.5, 0.6) is 5.75 Å². The van der Waals surface area contributed by atoms with Crippen LogP contribution in [0.3, 0.4) is 0 Å². The first-order valence-electron chi connectivity index (χ1n) is 6.81. The van der Waals surface area contributed by atoms with Gasteiger partial charge in [0.2, 0.25) is 5.91 Å². The van der Waals surface area contributed by atoms with Crippen LogP contribution in [0.15, 0.2) is 18.2 Å². The minimum absolute atomic E-state index is 0.104. The van der Waals surface area contributed by atoms with Gasteiger partial charge in [-0.15, -0.1) is 0 Å². The molecule has 0 bridgehead atoms. The van der Waals surface area contributed by atoms with Gasteiger partial charge in [-0.2, -0.15) is 0 Å². The fourth-order valence-corrected chi connectivity index (χ4v) is 1.85. The molecule has 0 heterocycles. The summed E-state index contributed by atoms with van der Waals surface area (Å²) < 4.78 is 9.68. The van der Waals surface area contributed by atoms with Crippen molar-refractivity contribution in [3.63, 3.8) is 0 Å². The van der Waals surface area contributed by atoms with Gasteiger partial charge in [0.15, 0.2) is 6.04 Å². The molecule has 2 N–H and O–H groups in total. The number of nitrogens with zero attached hydrogens (tertiary/aromatic N) is 1. The van der Waals surface area contributed by atoms with Gasteiger partial charge in [0, 0.05) is 11.6 Å². The highest BCUT2D eigenvalue weighted by atomic mass is 16.6. The lowest BCUT2D eigenvalue weighted by Gasteiger charge is -2.15. The van der Waals surface area contributed by atoms with E-state index in [0.717, 1.165) is 0 Å². The molecule has 0 aliphatic heterocycles. The fourth-order valence-electron chi connectivity index (χ4n) is 1.85. The summed E-state index contributed by atoms with van der Waals surface area (Å²) >= 11 is 0. The summed E-state index contributed by atoms with van der Waals surface area (Å²) in [6.45, 7) is 1.06. The Hall–Kier alpha value is -2.68. The fraction of sp³-hybridized carbons (Fsp3) is 0.429. The number of carbonyl (C=O) groups excluding carboxylic acids is 2. The maximum Gasteiger partial charge on any atom is 0.331 e. The molecule has 0 saturated heterocycles. The Kier molecular flexibility index (Phi) is 6.94. The molecule has 0 saturated carbocycles. The van der Waals surface area contributed by atoms with Crippen molar-refractivity contribution in [3.05, 3.63) is 33.9 Å². The van der Waals surface area contributed by atoms with E-state index in [1.54, 1.807) is 6.92 Å². The van der Waals surface area contributed by atoms with E-state index in [-0.39, 0.29) is 24.3 Å². The van der Waals surface area contributed by atoms with Crippen LogP contribution in [0.4, 0.5) is 5.69 Å². The quantitative estimate of drug-likeness (QED) is 0.396. The molecule has 0 radical (unpaired) electrons. The molecule has 1 rings (SSSR count). The number of carbonyl (C=O) groups is 2. The lowest BCUT2D eigenvalue weighted by atomic mass is 10.1. The first kappa shape index (κ1) is 18.4. The van der Waals surface area contributed by atoms with E-state index in [9.17, 15) is 19.7 Å². The Balaban J connectivity index is 2.87. The predicted molar refractivity (Wildman–Crippen MR) is 79.0 cm³/mol. The van der Waals surface area contributed by atoms with Gasteiger partial charge in [0.1, 0.15) is 5.75 Å². The molecule has 0 fully saturated rings. The van der Waals surface area contributed by atoms with Gasteiger partial charge in [-0.05, 0) is 19.1 Å². The zero-order valence-electron chi connectivity index (χ0n) is 12.8. The van der Waals surface area contributed by atoms with Crippen molar-refractivity contribution in [1.29, 1.82) is 0 Å². The Labute approximate surface area is 132 Å². The number of nitro benzene ring substituents is 1. The van der Waals surface area contributed by atoms with E-state index >= 15 is 0 Å². The summed E-state index contributed by atoms with van der Waals surface area (Å²) in [5.74, 6) is -1.07. The minimum Gasteiger partial charge on any atom is -0.497 e. The number of benzene rings is 1. The maximum absolute atomic E-state index is 12.0. The van der Waals surface area contributed by atoms with Crippen LogP contribution in [-0.4, -0.2) is 48.3 Å². The Morgan fingerprint density at radius 1 is 1.43 bits per heavy atom. The lowest BCUT2D eigenvalue weighted by Crippen LogP contribution is -2.45. The first-order valence-corrected chi connectivity index (χ1v) is 6.81. The number of methoxy groups -OCH3 is 1. The Morgan fingerprint density at radius 3 is 2.65 bits per heavy atom. The molecule has 1 atom stereocenters. The second-order valence-corrected chi connectivity index (χ2v) is 4.48. The molecule has 23 heavy (non-hydrogen) atoms. The number of hydrogen-bond donors (Lipinski definition) is 2. The number of ether oxygens (including phenoxy) is 2. The van der Waals surface area contributed by atoms with Crippen LogP contribution >= 0.6 is 0 Å². The number of esters is 1. The van der Waals surface area contributed by atoms with Crippen molar-refractivity contribution in [3.8, 4) is 5.75 Å². The standard InChI is InChI=1S/C14H18N2O7/c1-3-23-14(19)11(8-17)15-13(18)7-9-6-10(22-2)4-5-12(9)16(20)21/h4-6,11,17H,3,7-8H2,1-2H3,(H,15,18)/t11-/m1/s1. The monoisotopic (exact) mass is 326 g/mol. The van der Waals surface area contributed by atoms with Gasteiger partial charge in [-0.1, -0.05) is 0 Å². The summed E-state index contributed by atoms with van der Waals surface area (Å²) in [5, 5.41) is 22.4. The minimum atomic E-state index is -1.22. The van der Waals surface area contributed by atoms with E-state index in [2.05, 4.69) is 5.32 Å². The number of nitro groups is 1. The summed E-state index contributed by atoms with van der Waals surface area (Å²) in [7, 11) is 1.40. The molecule has 0 aliphatic carbocycles. The Bertz CT molecular complexity index is 588. The van der Waals surface area contributed by atoms with Crippen LogP contribution in [-0.2, 0) is 20.7 Å². The van der Waals surface area contributed by atoms with Crippen LogP contribution in [0.2, 0.25) is 0 Å². The molecular weight excluding hydrogens is 308 g/mol. The molecular formula is C14H18N2O7. The molecule has 0 unspecified atom stereocenters. The molecule has 9 nitrogen and oxygen atoms in total. The van der Waals surface area contributed by atoms with Crippen LogP contribution in [0, 0.1) is 10.1 Å². The van der Waals surface area contributed by atoms with Crippen LogP contribution in [0.1, 0.15) is 12.5 Å². The van der Waals surface area contributed by atoms with E-state index in [0.29, 0.717) is 5.75 Å². The zero-order chi connectivity index (χ0) is 17.4. The average Bonchev–Trinajstić information content (AvgIpc) is 2.52. The predicted octanol–water partition coefficient (Wildman–Crippen LogP) is 0.186. The van der Waals surface area contributed by atoms with Crippen molar-refractivity contribution in [1.82, 2.24) is 5.32 Å². The summed E-state index contributed by atoms with van der Waals surface area (Å²) in [4.78, 5) is 33.9. The number of aliphatic hydroxyl groups is 1. The maximum atomic E-state index is 12.0. The highest BCUT2D eigenvalue weighted by molar-refractivity contribution is 5.86. The first-order chi connectivity index (χ1) is 10.9. The van der Waals surface area contributed by atoms with Crippen molar-refractivity contribution < 1.29 is 29.1 Å². The summed E-state index contributed by atoms with van der Waals surface area (Å²) in [5.41, 5.74) is -0.106. The molecule has 0 aromatic heterocycles. The van der Waals surface area contributed by atoms with Gasteiger partial charge < -0.3 is 19.9 Å². The Morgan fingerprint density at radius 2 is 2.13 bits per heavy atom. The number of amides is 1. The topological polar surface area (TPSA) is 128 Å². The molecule has 1 aromatic rings. The third-order valence-corrected chi connectivity index (χ3v) is 2.92. The van der Waals surface area contributed by atoms with Gasteiger partial charge >= 0.3 is 5.97 Å². The number of rotatable bonds is 8. The van der Waals surface area contributed by atoms with Crippen molar-refractivity contribution in [2.45, 2.75) is 19.4 Å². The van der Waals surface area contributed by atoms with E-state index < -0.39 is 29.4 Å². The normalized spacial score (nSPS) is 11.4. The third-order valence-electron chi connectivity index (χ3n) is 2.92. The molecule has 9 heteroatoms. The van der Waals surface area contributed by atoms with E-state index in [4.69, 9.17) is 14.6 Å². The van der Waals surface area contributed by atoms with Crippen LogP contribution in [0.25, 0.3) is 0 Å². The summed E-state index contributed by atoms with van der Waals surface area (Å²) in [6, 6.07) is 2.80. The number of nitrogens with one attached hydrogen (secondary N) is 1. The van der Waals surface area contributed by atoms with E-state index in [1.807, 2.05) is 0 Å².